The third kappa shape index (κ3) is 3.93. The summed E-state index contributed by atoms with van der Waals surface area (Å²) in [6.45, 7) is 0.377. The summed E-state index contributed by atoms with van der Waals surface area (Å²) in [5.41, 5.74) is 0. The highest BCUT2D eigenvalue weighted by molar-refractivity contribution is 7.65. The first-order chi connectivity index (χ1) is 6.91. The van der Waals surface area contributed by atoms with Crippen molar-refractivity contribution < 1.29 is 23.8 Å². The highest BCUT2D eigenvalue weighted by Crippen LogP contribution is 2.51. The first-order valence-corrected chi connectivity index (χ1v) is 7.38. The van der Waals surface area contributed by atoms with Gasteiger partial charge in [0.2, 0.25) is 8.03 Å². The lowest BCUT2D eigenvalue weighted by Gasteiger charge is -2.25. The van der Waals surface area contributed by atoms with Crippen LogP contribution < -0.4 is 0 Å². The van der Waals surface area contributed by atoms with Crippen molar-refractivity contribution in [3.8, 4) is 0 Å². The van der Waals surface area contributed by atoms with E-state index in [-0.39, 0.29) is 6.54 Å². The maximum Gasteiger partial charge on any atom is 0.339 e. The molecule has 0 saturated carbocycles. The van der Waals surface area contributed by atoms with Gasteiger partial charge in [0.15, 0.2) is 5.40 Å². The lowest BCUT2D eigenvalue weighted by Crippen LogP contribution is -2.27. The van der Waals surface area contributed by atoms with Gasteiger partial charge in [-0.25, -0.2) is 0 Å². The fraction of sp³-hybridized carbons (Fsp3) is 0.429. The van der Waals surface area contributed by atoms with E-state index in [1.807, 2.05) is 0 Å². The molecule has 2 atom stereocenters. The molecule has 1 rings (SSSR count). The molecule has 1 heterocycles. The average Bonchev–Trinajstić information content (AvgIpc) is 2.13. The van der Waals surface area contributed by atoms with Crippen molar-refractivity contribution in [2.24, 2.45) is 0 Å². The predicted octanol–water partition coefficient (Wildman–Crippen LogP) is 0.343. The fourth-order valence-corrected chi connectivity index (χ4v) is 3.16. The maximum absolute atomic E-state index is 10.9. The van der Waals surface area contributed by atoms with Crippen LogP contribution in [0.1, 0.15) is 0 Å². The summed E-state index contributed by atoms with van der Waals surface area (Å²) >= 11 is 0. The SMILES string of the molecule is O=[PH](O)C(CN1C=CC=CC1)P(=O)(O)O. The first kappa shape index (κ1) is 12.7. The van der Waals surface area contributed by atoms with E-state index in [0.717, 1.165) is 0 Å². The molecular formula is C7H13NO5P2. The molecule has 0 aliphatic carbocycles. The van der Waals surface area contributed by atoms with Crippen molar-refractivity contribution in [1.82, 2.24) is 4.90 Å². The largest absolute Gasteiger partial charge is 0.372 e. The molecule has 0 radical (unpaired) electrons. The Balaban J connectivity index is 2.68. The Kier molecular flexibility index (Phi) is 4.32. The highest BCUT2D eigenvalue weighted by atomic mass is 31.2. The molecule has 0 amide bonds. The number of rotatable bonds is 4. The van der Waals surface area contributed by atoms with Crippen LogP contribution in [-0.4, -0.2) is 38.1 Å². The standard InChI is InChI=1S/C7H13NO5P2/c9-14(10)7(15(11,12)13)6-8-4-2-1-3-5-8/h1-4,7,14H,5-6H2,(H,9,10)(H2,11,12,13). The third-order valence-electron chi connectivity index (χ3n) is 1.98. The molecule has 86 valence electrons. The first-order valence-electron chi connectivity index (χ1n) is 4.26. The topological polar surface area (TPSA) is 98.1 Å². The predicted molar refractivity (Wildman–Crippen MR) is 56.9 cm³/mol. The second-order valence-corrected chi connectivity index (χ2v) is 6.83. The van der Waals surface area contributed by atoms with E-state index < -0.39 is 21.0 Å². The van der Waals surface area contributed by atoms with Crippen LogP contribution in [-0.2, 0) is 9.13 Å². The van der Waals surface area contributed by atoms with E-state index in [1.54, 1.807) is 29.3 Å². The van der Waals surface area contributed by atoms with Gasteiger partial charge in [-0.05, 0) is 12.3 Å². The quantitative estimate of drug-likeness (QED) is 0.625. The summed E-state index contributed by atoms with van der Waals surface area (Å²) in [6, 6.07) is 0. The van der Waals surface area contributed by atoms with Crippen LogP contribution in [0.25, 0.3) is 0 Å². The Bertz CT molecular complexity index is 347. The minimum absolute atomic E-state index is 0.112. The minimum Gasteiger partial charge on any atom is -0.372 e. The van der Waals surface area contributed by atoms with Crippen molar-refractivity contribution in [2.45, 2.75) is 5.40 Å². The van der Waals surface area contributed by atoms with Crippen LogP contribution >= 0.6 is 15.6 Å². The van der Waals surface area contributed by atoms with Gasteiger partial charge in [0, 0.05) is 13.1 Å². The summed E-state index contributed by atoms with van der Waals surface area (Å²) in [6.07, 6.45) is 6.93. The summed E-state index contributed by atoms with van der Waals surface area (Å²) in [5.74, 6) is 0. The molecule has 0 aromatic rings. The molecule has 15 heavy (non-hydrogen) atoms. The minimum atomic E-state index is -4.52. The molecule has 8 heteroatoms. The van der Waals surface area contributed by atoms with Gasteiger partial charge in [-0.2, -0.15) is 0 Å². The molecular weight excluding hydrogens is 240 g/mol. The summed E-state index contributed by atoms with van der Waals surface area (Å²) in [4.78, 5) is 28.2. The van der Waals surface area contributed by atoms with Crippen LogP contribution in [0.2, 0.25) is 0 Å². The molecule has 0 aromatic heterocycles. The van der Waals surface area contributed by atoms with E-state index in [4.69, 9.17) is 14.7 Å². The van der Waals surface area contributed by atoms with E-state index in [1.165, 1.54) is 0 Å². The molecule has 6 nitrogen and oxygen atoms in total. The van der Waals surface area contributed by atoms with Gasteiger partial charge in [-0.15, -0.1) is 0 Å². The van der Waals surface area contributed by atoms with Crippen LogP contribution in [0.3, 0.4) is 0 Å². The molecule has 0 spiro atoms. The lowest BCUT2D eigenvalue weighted by molar-refractivity contribution is 0.343. The number of nitrogens with zero attached hydrogens (tertiary/aromatic N) is 1. The van der Waals surface area contributed by atoms with E-state index in [9.17, 15) is 9.13 Å². The van der Waals surface area contributed by atoms with Gasteiger partial charge in [0.1, 0.15) is 0 Å². The summed E-state index contributed by atoms with van der Waals surface area (Å²) in [5, 5.41) is -1.49. The Hall–Kier alpha value is -0.380. The Labute approximate surface area is 87.9 Å². The zero-order chi connectivity index (χ0) is 11.5. The Morgan fingerprint density at radius 1 is 1.47 bits per heavy atom. The molecule has 0 bridgehead atoms. The zero-order valence-corrected chi connectivity index (χ0v) is 9.75. The van der Waals surface area contributed by atoms with Crippen LogP contribution in [0.4, 0.5) is 0 Å². The Morgan fingerprint density at radius 2 is 2.13 bits per heavy atom. The van der Waals surface area contributed by atoms with Crippen molar-refractivity contribution in [2.75, 3.05) is 13.1 Å². The third-order valence-corrected chi connectivity index (χ3v) is 5.38. The maximum atomic E-state index is 10.9. The van der Waals surface area contributed by atoms with E-state index in [0.29, 0.717) is 6.54 Å². The fourth-order valence-electron chi connectivity index (χ4n) is 1.19. The highest BCUT2D eigenvalue weighted by Gasteiger charge is 2.34. The second-order valence-electron chi connectivity index (χ2n) is 3.17. The number of hydrogen-bond acceptors (Lipinski definition) is 3. The van der Waals surface area contributed by atoms with Gasteiger partial charge < -0.3 is 19.6 Å². The van der Waals surface area contributed by atoms with Gasteiger partial charge >= 0.3 is 7.60 Å². The molecule has 0 fully saturated rings. The van der Waals surface area contributed by atoms with E-state index in [2.05, 4.69) is 0 Å². The van der Waals surface area contributed by atoms with Crippen LogP contribution in [0.15, 0.2) is 24.4 Å². The molecule has 3 N–H and O–H groups in total. The monoisotopic (exact) mass is 253 g/mol. The molecule has 1 aliphatic rings. The van der Waals surface area contributed by atoms with Gasteiger partial charge in [-0.3, -0.25) is 9.13 Å². The van der Waals surface area contributed by atoms with Gasteiger partial charge in [0.25, 0.3) is 0 Å². The zero-order valence-electron chi connectivity index (χ0n) is 7.85. The molecule has 1 aliphatic heterocycles. The molecule has 0 saturated heterocycles. The van der Waals surface area contributed by atoms with Crippen molar-refractivity contribution in [3.63, 3.8) is 0 Å². The van der Waals surface area contributed by atoms with Crippen molar-refractivity contribution in [1.29, 1.82) is 0 Å². The van der Waals surface area contributed by atoms with Crippen LogP contribution in [0, 0.1) is 0 Å². The van der Waals surface area contributed by atoms with Gasteiger partial charge in [-0.1, -0.05) is 12.2 Å². The summed E-state index contributed by atoms with van der Waals surface area (Å²) in [7, 11) is -7.76. The number of allylic oxidation sites excluding steroid dienone is 2. The second kappa shape index (κ2) is 5.10. The number of hydrogen-bond donors (Lipinski definition) is 3. The van der Waals surface area contributed by atoms with Crippen molar-refractivity contribution >= 4 is 15.6 Å². The average molecular weight is 253 g/mol. The Morgan fingerprint density at radius 3 is 2.53 bits per heavy atom. The van der Waals surface area contributed by atoms with Gasteiger partial charge in [0.05, 0.1) is 0 Å². The summed E-state index contributed by atoms with van der Waals surface area (Å²) < 4.78 is 21.8. The molecule has 2 unspecified atom stereocenters. The lowest BCUT2D eigenvalue weighted by atomic mass is 10.3. The van der Waals surface area contributed by atoms with Crippen LogP contribution in [0.5, 0.6) is 0 Å². The van der Waals surface area contributed by atoms with Crippen molar-refractivity contribution in [3.05, 3.63) is 24.4 Å². The molecule has 0 aromatic carbocycles. The smallest absolute Gasteiger partial charge is 0.339 e. The van der Waals surface area contributed by atoms with E-state index >= 15 is 0 Å². The normalized spacial score (nSPS) is 20.3.